The third kappa shape index (κ3) is 6.02. The highest BCUT2D eigenvalue weighted by Gasteiger charge is 2.15. The highest BCUT2D eigenvalue weighted by molar-refractivity contribution is 6.16. The van der Waals surface area contributed by atoms with E-state index in [-0.39, 0.29) is 0 Å². The molecule has 0 spiro atoms. The van der Waals surface area contributed by atoms with Gasteiger partial charge in [-0.3, -0.25) is 0 Å². The summed E-state index contributed by atoms with van der Waals surface area (Å²) in [5, 5.41) is 0. The monoisotopic (exact) mass is 509 g/mol. The van der Waals surface area contributed by atoms with Crippen LogP contribution in [0.2, 0.25) is 0 Å². The molecule has 5 aromatic rings. The maximum atomic E-state index is 5.39. The van der Waals surface area contributed by atoms with Crippen LogP contribution in [0.3, 0.4) is 0 Å². The van der Waals surface area contributed by atoms with Gasteiger partial charge in [0.2, 0.25) is 0 Å². The number of para-hydroxylation sites is 2. The molecule has 0 fully saturated rings. The molecule has 4 nitrogen and oxygen atoms in total. The number of aromatic nitrogens is 1. The molecule has 0 saturated carbocycles. The van der Waals surface area contributed by atoms with Gasteiger partial charge in [0.05, 0.1) is 41.3 Å². The molecule has 0 unspecified atom stereocenters. The predicted octanol–water partition coefficient (Wildman–Crippen LogP) is 8.35. The molecule has 0 bridgehead atoms. The summed E-state index contributed by atoms with van der Waals surface area (Å²) in [5.74, 6) is 0.794. The first-order chi connectivity index (χ1) is 19.0. The van der Waals surface area contributed by atoms with E-state index in [2.05, 4.69) is 57.2 Å². The normalized spacial score (nSPS) is 11.9. The Balaban J connectivity index is 1.69. The van der Waals surface area contributed by atoms with Crippen molar-refractivity contribution >= 4 is 22.8 Å². The minimum Gasteiger partial charge on any atom is -0.497 e. The number of hydrogen-bond acceptors (Lipinski definition) is 4. The van der Waals surface area contributed by atoms with Crippen LogP contribution >= 0.6 is 0 Å². The van der Waals surface area contributed by atoms with E-state index >= 15 is 0 Å². The summed E-state index contributed by atoms with van der Waals surface area (Å²) in [4.78, 5) is 15.4. The van der Waals surface area contributed by atoms with E-state index in [1.165, 1.54) is 5.56 Å². The number of methoxy groups -OCH3 is 1. The molecule has 0 aliphatic heterocycles. The SMILES string of the molecule is COc1ccc(C(=Nc2ccccc2C)c2cccc(C(=Nc3ccccc3C)c3ccc(C)cc3)n2)cc1. The first-order valence-electron chi connectivity index (χ1n) is 13.0. The summed E-state index contributed by atoms with van der Waals surface area (Å²) in [6, 6.07) is 38.7. The summed E-state index contributed by atoms with van der Waals surface area (Å²) < 4.78 is 5.39. The van der Waals surface area contributed by atoms with Crippen LogP contribution in [0.25, 0.3) is 0 Å². The first-order valence-corrected chi connectivity index (χ1v) is 13.0. The number of aryl methyl sites for hydroxylation is 3. The number of ether oxygens (including phenoxy) is 1. The zero-order valence-corrected chi connectivity index (χ0v) is 22.7. The van der Waals surface area contributed by atoms with Gasteiger partial charge in [0, 0.05) is 11.1 Å². The Morgan fingerprint density at radius 3 is 1.46 bits per heavy atom. The number of aliphatic imine (C=N–C) groups is 2. The Kier molecular flexibility index (Phi) is 7.74. The largest absolute Gasteiger partial charge is 0.497 e. The van der Waals surface area contributed by atoms with E-state index in [4.69, 9.17) is 19.7 Å². The van der Waals surface area contributed by atoms with Gasteiger partial charge in [-0.15, -0.1) is 0 Å². The van der Waals surface area contributed by atoms with Gasteiger partial charge in [0.25, 0.3) is 0 Å². The number of nitrogens with zero attached hydrogens (tertiary/aromatic N) is 3. The van der Waals surface area contributed by atoms with Crippen molar-refractivity contribution in [2.24, 2.45) is 9.98 Å². The van der Waals surface area contributed by atoms with Crippen LogP contribution in [0.4, 0.5) is 11.4 Å². The Hall–Kier alpha value is -4.83. The first kappa shape index (κ1) is 25.8. The van der Waals surface area contributed by atoms with Gasteiger partial charge in [0.15, 0.2) is 0 Å². The summed E-state index contributed by atoms with van der Waals surface area (Å²) >= 11 is 0. The second-order valence-corrected chi connectivity index (χ2v) is 9.50. The van der Waals surface area contributed by atoms with Crippen molar-refractivity contribution in [2.75, 3.05) is 7.11 Å². The van der Waals surface area contributed by atoms with Gasteiger partial charge in [-0.25, -0.2) is 15.0 Å². The molecule has 0 saturated heterocycles. The Labute approximate surface area is 230 Å². The lowest BCUT2D eigenvalue weighted by molar-refractivity contribution is 0.415. The van der Waals surface area contributed by atoms with Crippen LogP contribution < -0.4 is 4.74 Å². The molecule has 1 heterocycles. The number of benzene rings is 4. The minimum atomic E-state index is 0.769. The maximum absolute atomic E-state index is 5.39. The third-order valence-corrected chi connectivity index (χ3v) is 6.62. The van der Waals surface area contributed by atoms with Crippen molar-refractivity contribution in [3.05, 3.63) is 154 Å². The summed E-state index contributed by atoms with van der Waals surface area (Å²) in [6.45, 7) is 6.23. The highest BCUT2D eigenvalue weighted by atomic mass is 16.5. The standard InChI is InChI=1S/C35H31N3O/c1-24-16-18-27(19-17-24)34(37-30-12-7-5-10-25(30)2)32-14-9-15-33(36-32)35(28-20-22-29(39-4)23-21-28)38-31-13-8-6-11-26(31)3/h5-23H,1-4H3. The second kappa shape index (κ2) is 11.7. The molecule has 1 aromatic heterocycles. The number of hydrogen-bond donors (Lipinski definition) is 0. The minimum absolute atomic E-state index is 0.769. The van der Waals surface area contributed by atoms with Crippen LogP contribution in [-0.4, -0.2) is 23.5 Å². The van der Waals surface area contributed by atoms with Gasteiger partial charge in [-0.2, -0.15) is 0 Å². The van der Waals surface area contributed by atoms with Crippen molar-refractivity contribution in [3.63, 3.8) is 0 Å². The zero-order valence-electron chi connectivity index (χ0n) is 22.7. The molecule has 0 aliphatic rings. The van der Waals surface area contributed by atoms with Gasteiger partial charge in [-0.1, -0.05) is 72.3 Å². The molecule has 39 heavy (non-hydrogen) atoms. The average molecular weight is 510 g/mol. The molecule has 0 amide bonds. The molecule has 4 aromatic carbocycles. The topological polar surface area (TPSA) is 46.8 Å². The van der Waals surface area contributed by atoms with Crippen molar-refractivity contribution in [2.45, 2.75) is 20.8 Å². The van der Waals surface area contributed by atoms with Gasteiger partial charge < -0.3 is 4.74 Å². The molecule has 5 rings (SSSR count). The molecule has 0 aliphatic carbocycles. The average Bonchev–Trinajstić information content (AvgIpc) is 2.97. The Morgan fingerprint density at radius 1 is 0.538 bits per heavy atom. The van der Waals surface area contributed by atoms with E-state index < -0.39 is 0 Å². The van der Waals surface area contributed by atoms with Gasteiger partial charge >= 0.3 is 0 Å². The number of rotatable bonds is 7. The molecule has 0 N–H and O–H groups in total. The quantitative estimate of drug-likeness (QED) is 0.207. The van der Waals surface area contributed by atoms with Crippen LogP contribution in [0, 0.1) is 20.8 Å². The fourth-order valence-corrected chi connectivity index (χ4v) is 4.32. The Bertz CT molecular complexity index is 1650. The highest BCUT2D eigenvalue weighted by Crippen LogP contribution is 2.25. The van der Waals surface area contributed by atoms with Crippen LogP contribution in [0.5, 0.6) is 5.75 Å². The van der Waals surface area contributed by atoms with Crippen LogP contribution in [-0.2, 0) is 0 Å². The maximum Gasteiger partial charge on any atom is 0.118 e. The van der Waals surface area contributed by atoms with Crippen LogP contribution in [0.1, 0.15) is 39.2 Å². The third-order valence-electron chi connectivity index (χ3n) is 6.62. The fourth-order valence-electron chi connectivity index (χ4n) is 4.32. The van der Waals surface area contributed by atoms with E-state index in [0.717, 1.165) is 62.2 Å². The summed E-state index contributed by atoms with van der Waals surface area (Å²) in [7, 11) is 1.67. The van der Waals surface area contributed by atoms with Crippen molar-refractivity contribution in [1.82, 2.24) is 4.98 Å². The number of pyridine rings is 1. The van der Waals surface area contributed by atoms with E-state index in [1.54, 1.807) is 7.11 Å². The van der Waals surface area contributed by atoms with Crippen molar-refractivity contribution in [1.29, 1.82) is 0 Å². The Morgan fingerprint density at radius 2 is 1.00 bits per heavy atom. The molecular weight excluding hydrogens is 478 g/mol. The van der Waals surface area contributed by atoms with Crippen LogP contribution in [0.15, 0.2) is 125 Å². The predicted molar refractivity (Wildman–Crippen MR) is 161 cm³/mol. The van der Waals surface area contributed by atoms with Gasteiger partial charge in [-0.05, 0) is 80.4 Å². The fraction of sp³-hybridized carbons (Fsp3) is 0.114. The lowest BCUT2D eigenvalue weighted by Gasteiger charge is -2.13. The molecule has 0 radical (unpaired) electrons. The molecule has 0 atom stereocenters. The van der Waals surface area contributed by atoms with E-state index in [0.29, 0.717) is 0 Å². The summed E-state index contributed by atoms with van der Waals surface area (Å²) in [5.41, 5.74) is 10.3. The molecule has 192 valence electrons. The zero-order chi connectivity index (χ0) is 27.2. The second-order valence-electron chi connectivity index (χ2n) is 9.50. The van der Waals surface area contributed by atoms with E-state index in [1.807, 2.05) is 78.9 Å². The smallest absolute Gasteiger partial charge is 0.118 e. The molecule has 4 heteroatoms. The van der Waals surface area contributed by atoms with Crippen molar-refractivity contribution < 1.29 is 4.74 Å². The van der Waals surface area contributed by atoms with Crippen molar-refractivity contribution in [3.8, 4) is 5.75 Å². The summed E-state index contributed by atoms with van der Waals surface area (Å²) in [6.07, 6.45) is 0. The lowest BCUT2D eigenvalue weighted by Crippen LogP contribution is -2.12. The van der Waals surface area contributed by atoms with Gasteiger partial charge in [0.1, 0.15) is 5.75 Å². The molecular formula is C35H31N3O. The lowest BCUT2D eigenvalue weighted by atomic mass is 10.0. The van der Waals surface area contributed by atoms with E-state index in [9.17, 15) is 0 Å².